The Labute approximate surface area is 58.2 Å². The van der Waals surface area contributed by atoms with Crippen molar-refractivity contribution in [3.8, 4) is 0 Å². The highest BCUT2D eigenvalue weighted by Gasteiger charge is 2.09. The Bertz CT molecular complexity index is 44.9. The smallest absolute Gasteiger partial charge is 0.00545 e. The predicted octanol–water partition coefficient (Wildman–Crippen LogP) is -3.60. The van der Waals surface area contributed by atoms with Gasteiger partial charge in [0.25, 0.3) is 0 Å². The molecule has 0 bridgehead atoms. The molecule has 0 aromatic rings. The van der Waals surface area contributed by atoms with Gasteiger partial charge >= 0.3 is 0 Å². The molecule has 0 aliphatic carbocycles. The summed E-state index contributed by atoms with van der Waals surface area (Å²) >= 11 is 0. The van der Waals surface area contributed by atoms with Crippen LogP contribution in [0.1, 0.15) is 0 Å². The maximum atomic E-state index is 1.59. The molecule has 0 heterocycles. The van der Waals surface area contributed by atoms with E-state index in [0.717, 1.165) is 4.66 Å². The summed E-state index contributed by atoms with van der Waals surface area (Å²) in [6.45, 7) is 0. The Morgan fingerprint density at radius 3 is 1.29 bits per heavy atom. The largest absolute Gasteiger partial charge is 0.0668 e. The summed E-state index contributed by atoms with van der Waals surface area (Å²) in [6.07, 6.45) is 0. The van der Waals surface area contributed by atoms with Crippen molar-refractivity contribution in [3.63, 3.8) is 0 Å². The van der Waals surface area contributed by atoms with Gasteiger partial charge < -0.3 is 0 Å². The molecule has 0 fully saturated rings. The molecule has 0 aromatic heterocycles. The molecule has 0 nitrogen and oxygen atoms in total. The van der Waals surface area contributed by atoms with E-state index in [1.54, 1.807) is 12.1 Å². The van der Waals surface area contributed by atoms with Gasteiger partial charge in [-0.1, -0.05) is 16.7 Å². The Morgan fingerprint density at radius 2 is 1.29 bits per heavy atom. The van der Waals surface area contributed by atoms with Crippen LogP contribution in [-0.2, 0) is 0 Å². The molecule has 0 aliphatic heterocycles. The lowest BCUT2D eigenvalue weighted by Gasteiger charge is -2.18. The Morgan fingerprint density at radius 1 is 1.00 bits per heavy atom. The average Bonchev–Trinajstić information content (AvgIpc) is 1.68. The molecule has 0 unspecified atom stereocenters. The van der Waals surface area contributed by atoms with Gasteiger partial charge in [0.05, 0.1) is 0 Å². The molecule has 0 rings (SSSR count). The summed E-state index contributed by atoms with van der Waals surface area (Å²) in [6, 6.07) is 3.18. The molecular formula is C3H16Si4. The van der Waals surface area contributed by atoms with Gasteiger partial charge in [0.2, 0.25) is 0 Å². The topological polar surface area (TPSA) is 0 Å². The van der Waals surface area contributed by atoms with Crippen LogP contribution in [0.25, 0.3) is 0 Å². The van der Waals surface area contributed by atoms with E-state index in [0.29, 0.717) is 0 Å². The number of hydrogen-bond acceptors (Lipinski definition) is 0. The average molecular weight is 165 g/mol. The van der Waals surface area contributed by atoms with Crippen LogP contribution >= 0.6 is 0 Å². The van der Waals surface area contributed by atoms with E-state index in [1.807, 2.05) is 0 Å². The maximum absolute atomic E-state index is 1.59. The quantitative estimate of drug-likeness (QED) is 0.370. The fourth-order valence-corrected chi connectivity index (χ4v) is 2.25. The Balaban J connectivity index is 3.36. The molecule has 0 aliphatic rings. The van der Waals surface area contributed by atoms with Gasteiger partial charge in [-0.25, -0.2) is 0 Å². The van der Waals surface area contributed by atoms with E-state index in [-0.39, 0.29) is 0 Å². The van der Waals surface area contributed by atoms with Crippen LogP contribution in [0.2, 0.25) is 16.7 Å². The molecule has 0 spiro atoms. The van der Waals surface area contributed by atoms with Crippen molar-refractivity contribution in [2.45, 2.75) is 16.7 Å². The van der Waals surface area contributed by atoms with Gasteiger partial charge in [0.15, 0.2) is 0 Å². The van der Waals surface area contributed by atoms with Crippen LogP contribution < -0.4 is 0 Å². The van der Waals surface area contributed by atoms with E-state index >= 15 is 0 Å². The van der Waals surface area contributed by atoms with Gasteiger partial charge in [-0.2, -0.15) is 0 Å². The van der Waals surface area contributed by atoms with Crippen molar-refractivity contribution < 1.29 is 0 Å². The first kappa shape index (κ1) is 7.87. The molecule has 0 N–H and O–H groups in total. The van der Waals surface area contributed by atoms with Gasteiger partial charge in [0, 0.05) is 41.0 Å². The summed E-state index contributed by atoms with van der Waals surface area (Å²) in [5, 5.41) is 0. The summed E-state index contributed by atoms with van der Waals surface area (Å²) < 4.78 is 0.985. The fraction of sp³-hybridized carbons (Fsp3) is 1.00. The highest BCUT2D eigenvalue weighted by Crippen LogP contribution is 2.22. The molecule has 0 saturated carbocycles. The zero-order chi connectivity index (χ0) is 5.91. The van der Waals surface area contributed by atoms with Crippen molar-refractivity contribution in [3.05, 3.63) is 0 Å². The molecule has 0 atom stereocenters. The highest BCUT2D eigenvalue weighted by molar-refractivity contribution is 6.45. The predicted molar refractivity (Wildman–Crippen MR) is 52.1 cm³/mol. The molecule has 4 heteroatoms. The standard InChI is InChI=1S/C3H16Si4/c4-1-3(6,7)2-5/h1-2H2,4-7H3. The third-order valence-corrected chi connectivity index (χ3v) is 14.2. The molecule has 44 valence electrons. The Hall–Kier alpha value is 0.868. The lowest BCUT2D eigenvalue weighted by atomic mass is 10.5. The monoisotopic (exact) mass is 164 g/mol. The summed E-state index contributed by atoms with van der Waals surface area (Å²) in [5.41, 5.74) is 0. The van der Waals surface area contributed by atoms with E-state index < -0.39 is 0 Å². The minimum atomic E-state index is 0.985. The van der Waals surface area contributed by atoms with E-state index in [2.05, 4.69) is 0 Å². The lowest BCUT2D eigenvalue weighted by molar-refractivity contribution is 0.963. The Kier molecular flexibility index (Phi) is 3.38. The minimum absolute atomic E-state index is 0.985. The van der Waals surface area contributed by atoms with Crippen molar-refractivity contribution in [1.82, 2.24) is 0 Å². The summed E-state index contributed by atoms with van der Waals surface area (Å²) in [5.74, 6) is 0. The van der Waals surface area contributed by atoms with Crippen LogP contribution in [0.3, 0.4) is 0 Å². The molecule has 0 radical (unpaired) electrons. The van der Waals surface area contributed by atoms with Crippen LogP contribution in [0.15, 0.2) is 0 Å². The molecule has 0 aromatic carbocycles. The molecular weight excluding hydrogens is 148 g/mol. The highest BCUT2D eigenvalue weighted by atomic mass is 28.2. The van der Waals surface area contributed by atoms with Crippen molar-refractivity contribution in [1.29, 1.82) is 0 Å². The van der Waals surface area contributed by atoms with Gasteiger partial charge in [-0.05, 0) is 0 Å². The van der Waals surface area contributed by atoms with Crippen molar-refractivity contribution in [2.24, 2.45) is 0 Å². The third-order valence-electron chi connectivity index (χ3n) is 1.91. The summed E-state index contributed by atoms with van der Waals surface area (Å²) in [7, 11) is 5.86. The minimum Gasteiger partial charge on any atom is -0.0668 e. The first-order valence-corrected chi connectivity index (χ1v) is 7.95. The van der Waals surface area contributed by atoms with Crippen molar-refractivity contribution in [2.75, 3.05) is 0 Å². The van der Waals surface area contributed by atoms with Crippen LogP contribution in [0, 0.1) is 0 Å². The van der Waals surface area contributed by atoms with Crippen LogP contribution in [0.4, 0.5) is 0 Å². The number of hydrogen-bond donors (Lipinski definition) is 0. The second-order valence-electron chi connectivity index (χ2n) is 2.87. The molecule has 7 heavy (non-hydrogen) atoms. The molecule has 0 amide bonds. The molecule has 0 saturated heterocycles. The van der Waals surface area contributed by atoms with Crippen LogP contribution in [-0.4, -0.2) is 41.0 Å². The van der Waals surface area contributed by atoms with E-state index in [4.69, 9.17) is 0 Å². The zero-order valence-electron chi connectivity index (χ0n) is 5.91. The summed E-state index contributed by atoms with van der Waals surface area (Å²) in [4.78, 5) is 0. The van der Waals surface area contributed by atoms with E-state index in [9.17, 15) is 0 Å². The third kappa shape index (κ3) is 3.45. The normalized spacial score (nSPS) is 20.6. The number of rotatable bonds is 2. The lowest BCUT2D eigenvalue weighted by Crippen LogP contribution is -2.10. The van der Waals surface area contributed by atoms with Gasteiger partial charge in [0.1, 0.15) is 0 Å². The van der Waals surface area contributed by atoms with Gasteiger partial charge in [-0.15, -0.1) is 0 Å². The van der Waals surface area contributed by atoms with E-state index in [1.165, 1.54) is 41.0 Å². The van der Waals surface area contributed by atoms with Crippen molar-refractivity contribution >= 4 is 41.0 Å². The second-order valence-corrected chi connectivity index (χ2v) is 11.1. The SMILES string of the molecule is [SiH3]CC([SiH3])([SiH3])C[SiH3]. The zero-order valence-corrected chi connectivity index (χ0v) is 13.9. The fourth-order valence-electron chi connectivity index (χ4n) is 0.250. The van der Waals surface area contributed by atoms with Gasteiger partial charge in [-0.3, -0.25) is 0 Å². The first-order chi connectivity index (χ1) is 3.12. The maximum Gasteiger partial charge on any atom is 0.00545 e. The first-order valence-electron chi connectivity index (χ1n) is 3.12. The second kappa shape index (κ2) is 3.01. The van der Waals surface area contributed by atoms with Crippen LogP contribution in [0.5, 0.6) is 0 Å².